The minimum atomic E-state index is -3.87. The molecule has 1 amide bonds. The number of benzene rings is 2. The largest absolute Gasteiger partial charge is 0.494 e. The van der Waals surface area contributed by atoms with Gasteiger partial charge in [0.15, 0.2) is 11.5 Å². The highest BCUT2D eigenvalue weighted by Crippen LogP contribution is 2.24. The van der Waals surface area contributed by atoms with E-state index in [0.717, 1.165) is 11.3 Å². The third-order valence-corrected chi connectivity index (χ3v) is 5.75. The average Bonchev–Trinajstić information content (AvgIpc) is 3.31. The Kier molecular flexibility index (Phi) is 6.31. The first-order valence-corrected chi connectivity index (χ1v) is 11.3. The molecule has 0 spiro atoms. The van der Waals surface area contributed by atoms with E-state index in [1.807, 2.05) is 6.92 Å². The van der Waals surface area contributed by atoms with Gasteiger partial charge in [0, 0.05) is 29.7 Å². The lowest BCUT2D eigenvalue weighted by Crippen LogP contribution is -2.15. The molecule has 0 unspecified atom stereocenters. The zero-order valence-corrected chi connectivity index (χ0v) is 18.2. The summed E-state index contributed by atoms with van der Waals surface area (Å²) in [5, 5.41) is 6.47. The molecule has 0 aliphatic heterocycles. The van der Waals surface area contributed by atoms with Crippen molar-refractivity contribution in [3.63, 3.8) is 0 Å². The Bertz CT molecular complexity index is 1340. The minimum Gasteiger partial charge on any atom is -0.494 e. The maximum Gasteiger partial charge on any atom is 0.277 e. The number of nitrogens with one attached hydrogen (secondary N) is 2. The van der Waals surface area contributed by atoms with Crippen LogP contribution in [0, 0.1) is 0 Å². The van der Waals surface area contributed by atoms with Crippen LogP contribution in [-0.2, 0) is 10.0 Å². The number of hydrogen-bond acceptors (Lipinski definition) is 8. The van der Waals surface area contributed by atoms with Crippen molar-refractivity contribution in [3.8, 4) is 17.1 Å². The van der Waals surface area contributed by atoms with Crippen LogP contribution in [0.1, 0.15) is 17.4 Å². The van der Waals surface area contributed by atoms with Crippen molar-refractivity contribution < 1.29 is 22.5 Å². The van der Waals surface area contributed by atoms with E-state index in [2.05, 4.69) is 25.2 Å². The molecule has 11 heteroatoms. The Balaban J connectivity index is 1.42. The molecule has 4 aromatic rings. The molecule has 0 saturated heterocycles. The van der Waals surface area contributed by atoms with Crippen molar-refractivity contribution in [2.45, 2.75) is 11.8 Å². The Labute approximate surface area is 189 Å². The van der Waals surface area contributed by atoms with Gasteiger partial charge in [0.1, 0.15) is 5.75 Å². The standard InChI is InChI=1S/C22H19N5O5S/c1-2-31-17-8-4-15(5-9-17)20-14-19(26-32-20)21(28)25-16-6-10-18(11-7-16)33(29,30)27-22-23-12-3-13-24-22/h3-14H,2H2,1H3,(H,25,28)(H,23,24,27). The zero-order valence-electron chi connectivity index (χ0n) is 17.4. The summed E-state index contributed by atoms with van der Waals surface area (Å²) in [5.41, 5.74) is 1.22. The van der Waals surface area contributed by atoms with Gasteiger partial charge in [-0.2, -0.15) is 0 Å². The first-order valence-electron chi connectivity index (χ1n) is 9.86. The van der Waals surface area contributed by atoms with E-state index in [1.54, 1.807) is 30.3 Å². The van der Waals surface area contributed by atoms with Gasteiger partial charge >= 0.3 is 0 Å². The van der Waals surface area contributed by atoms with Gasteiger partial charge in [-0.1, -0.05) is 5.16 Å². The van der Waals surface area contributed by atoms with Gasteiger partial charge in [-0.3, -0.25) is 4.79 Å². The number of carbonyl (C=O) groups is 1. The summed E-state index contributed by atoms with van der Waals surface area (Å²) in [6.07, 6.45) is 2.85. The predicted octanol–water partition coefficient (Wildman–Crippen LogP) is 3.58. The number of ether oxygens (including phenoxy) is 1. The number of rotatable bonds is 8. The zero-order chi connectivity index (χ0) is 23.3. The number of hydrogen-bond donors (Lipinski definition) is 2. The van der Waals surface area contributed by atoms with E-state index in [1.165, 1.54) is 42.7 Å². The topological polar surface area (TPSA) is 136 Å². The molecule has 2 heterocycles. The lowest BCUT2D eigenvalue weighted by Gasteiger charge is -2.07. The lowest BCUT2D eigenvalue weighted by atomic mass is 10.1. The highest BCUT2D eigenvalue weighted by molar-refractivity contribution is 7.92. The molecule has 2 aromatic heterocycles. The number of sulfonamides is 1. The molecule has 2 aromatic carbocycles. The van der Waals surface area contributed by atoms with E-state index < -0.39 is 15.9 Å². The van der Waals surface area contributed by atoms with Gasteiger partial charge in [0.2, 0.25) is 5.95 Å². The number of aromatic nitrogens is 3. The molecule has 0 atom stereocenters. The maximum absolute atomic E-state index is 12.5. The molecule has 2 N–H and O–H groups in total. The molecule has 4 rings (SSSR count). The molecular formula is C22H19N5O5S. The summed E-state index contributed by atoms with van der Waals surface area (Å²) in [6, 6.07) is 16.0. The molecule has 0 radical (unpaired) electrons. The fourth-order valence-electron chi connectivity index (χ4n) is 2.84. The molecule has 33 heavy (non-hydrogen) atoms. The second-order valence-electron chi connectivity index (χ2n) is 6.69. The Morgan fingerprint density at radius 2 is 1.73 bits per heavy atom. The van der Waals surface area contributed by atoms with Crippen LogP contribution in [0.15, 0.2) is 82.5 Å². The number of amides is 1. The third kappa shape index (κ3) is 5.33. The van der Waals surface area contributed by atoms with Crippen molar-refractivity contribution >= 4 is 27.6 Å². The molecule has 0 aliphatic rings. The summed E-state index contributed by atoms with van der Waals surface area (Å²) >= 11 is 0. The lowest BCUT2D eigenvalue weighted by molar-refractivity contribution is 0.101. The summed E-state index contributed by atoms with van der Waals surface area (Å²) in [7, 11) is -3.87. The van der Waals surface area contributed by atoms with Crippen LogP contribution in [-0.4, -0.2) is 36.1 Å². The first kappa shape index (κ1) is 22.0. The summed E-state index contributed by atoms with van der Waals surface area (Å²) in [4.78, 5) is 20.2. The van der Waals surface area contributed by atoms with Gasteiger partial charge in [-0.25, -0.2) is 23.1 Å². The van der Waals surface area contributed by atoms with Crippen LogP contribution >= 0.6 is 0 Å². The number of carbonyl (C=O) groups excluding carboxylic acids is 1. The monoisotopic (exact) mass is 465 g/mol. The quantitative estimate of drug-likeness (QED) is 0.403. The molecule has 168 valence electrons. The molecule has 0 aliphatic carbocycles. The van der Waals surface area contributed by atoms with Crippen molar-refractivity contribution in [2.75, 3.05) is 16.6 Å². The molecular weight excluding hydrogens is 446 g/mol. The highest BCUT2D eigenvalue weighted by Gasteiger charge is 2.17. The summed E-state index contributed by atoms with van der Waals surface area (Å²) in [6.45, 7) is 2.47. The van der Waals surface area contributed by atoms with Gasteiger partial charge in [-0.15, -0.1) is 0 Å². The predicted molar refractivity (Wildman–Crippen MR) is 120 cm³/mol. The highest BCUT2D eigenvalue weighted by atomic mass is 32.2. The van der Waals surface area contributed by atoms with Crippen molar-refractivity contribution in [1.29, 1.82) is 0 Å². The summed E-state index contributed by atoms with van der Waals surface area (Å²) < 4.78 is 37.9. The molecule has 0 saturated carbocycles. The van der Waals surface area contributed by atoms with Gasteiger partial charge < -0.3 is 14.6 Å². The van der Waals surface area contributed by atoms with Crippen molar-refractivity contribution in [1.82, 2.24) is 15.1 Å². The Morgan fingerprint density at radius 1 is 1.03 bits per heavy atom. The van der Waals surface area contributed by atoms with Gasteiger partial charge in [0.05, 0.1) is 11.5 Å². The van der Waals surface area contributed by atoms with Crippen molar-refractivity contribution in [2.24, 2.45) is 0 Å². The Morgan fingerprint density at radius 3 is 2.39 bits per heavy atom. The van der Waals surface area contributed by atoms with Gasteiger partial charge in [0.25, 0.3) is 15.9 Å². The number of anilines is 2. The minimum absolute atomic E-state index is 0.00725. The smallest absolute Gasteiger partial charge is 0.277 e. The van der Waals surface area contributed by atoms with E-state index in [-0.39, 0.29) is 16.5 Å². The SMILES string of the molecule is CCOc1ccc(-c2cc(C(=O)Nc3ccc(S(=O)(=O)Nc4ncccn4)cc3)no2)cc1. The number of nitrogens with zero attached hydrogens (tertiary/aromatic N) is 3. The molecule has 10 nitrogen and oxygen atoms in total. The second kappa shape index (κ2) is 9.49. The average molecular weight is 465 g/mol. The van der Waals surface area contributed by atoms with E-state index in [9.17, 15) is 13.2 Å². The normalized spacial score (nSPS) is 11.1. The summed E-state index contributed by atoms with van der Waals surface area (Å²) in [5.74, 6) is 0.626. The van der Waals surface area contributed by atoms with E-state index >= 15 is 0 Å². The van der Waals surface area contributed by atoms with Crippen LogP contribution < -0.4 is 14.8 Å². The molecule has 0 fully saturated rings. The van der Waals surface area contributed by atoms with Crippen LogP contribution in [0.2, 0.25) is 0 Å². The fourth-order valence-corrected chi connectivity index (χ4v) is 3.80. The van der Waals surface area contributed by atoms with Crippen LogP contribution in [0.4, 0.5) is 11.6 Å². The van der Waals surface area contributed by atoms with Crippen LogP contribution in [0.25, 0.3) is 11.3 Å². The van der Waals surface area contributed by atoms with Crippen molar-refractivity contribution in [3.05, 3.63) is 78.8 Å². The maximum atomic E-state index is 12.5. The fraction of sp³-hybridized carbons (Fsp3) is 0.0909. The molecule has 0 bridgehead atoms. The van der Waals surface area contributed by atoms with E-state index in [0.29, 0.717) is 18.1 Å². The Hall–Kier alpha value is -4.25. The van der Waals surface area contributed by atoms with Crippen LogP contribution in [0.5, 0.6) is 5.75 Å². The second-order valence-corrected chi connectivity index (χ2v) is 8.37. The van der Waals surface area contributed by atoms with Gasteiger partial charge in [-0.05, 0) is 61.5 Å². The van der Waals surface area contributed by atoms with E-state index in [4.69, 9.17) is 9.26 Å². The van der Waals surface area contributed by atoms with Crippen LogP contribution in [0.3, 0.4) is 0 Å². The third-order valence-electron chi connectivity index (χ3n) is 4.41. The first-order chi connectivity index (χ1) is 15.9.